The molecule has 10 nitrogen and oxygen atoms in total. The summed E-state index contributed by atoms with van der Waals surface area (Å²) < 4.78 is 1.44. The van der Waals surface area contributed by atoms with E-state index in [9.17, 15) is 9.59 Å². The number of carbonyl (C=O) groups is 2. The molecule has 28 heavy (non-hydrogen) atoms. The number of aromatic nitrogens is 6. The van der Waals surface area contributed by atoms with Gasteiger partial charge in [0.05, 0.1) is 24.1 Å². The van der Waals surface area contributed by atoms with Crippen LogP contribution in [0, 0.1) is 12.3 Å². The lowest BCUT2D eigenvalue weighted by molar-refractivity contribution is -0.144. The van der Waals surface area contributed by atoms with Crippen LogP contribution in [-0.4, -0.2) is 71.4 Å². The Labute approximate surface area is 162 Å². The molecule has 0 N–H and O–H groups in total. The zero-order valence-electron chi connectivity index (χ0n) is 16.0. The third-order valence-electron chi connectivity index (χ3n) is 5.64. The number of aryl methyl sites for hydroxylation is 1. The van der Waals surface area contributed by atoms with Crippen LogP contribution in [-0.2, 0) is 22.7 Å². The average Bonchev–Trinajstić information content (AvgIpc) is 3.20. The first-order valence-corrected chi connectivity index (χ1v) is 9.57. The Morgan fingerprint density at radius 2 is 2.11 bits per heavy atom. The van der Waals surface area contributed by atoms with Gasteiger partial charge in [0.2, 0.25) is 11.8 Å². The first kappa shape index (κ1) is 18.5. The third kappa shape index (κ3) is 4.00. The molecule has 2 saturated heterocycles. The van der Waals surface area contributed by atoms with Gasteiger partial charge < -0.3 is 9.80 Å². The molecule has 2 aromatic heterocycles. The molecule has 0 aromatic carbocycles. The maximum Gasteiger partial charge on any atom is 0.244 e. The lowest BCUT2D eigenvalue weighted by Gasteiger charge is -2.48. The number of amides is 2. The highest BCUT2D eigenvalue weighted by Crippen LogP contribution is 2.39. The maximum atomic E-state index is 12.7. The van der Waals surface area contributed by atoms with E-state index in [1.165, 1.54) is 11.0 Å². The lowest BCUT2D eigenvalue weighted by Crippen LogP contribution is -2.55. The fraction of sp³-hybridized carbons (Fsp3) is 0.611. The lowest BCUT2D eigenvalue weighted by atomic mass is 9.73. The number of piperidine rings is 2. The van der Waals surface area contributed by atoms with Crippen LogP contribution in [0.1, 0.15) is 37.1 Å². The van der Waals surface area contributed by atoms with Gasteiger partial charge in [0, 0.05) is 37.7 Å². The van der Waals surface area contributed by atoms with E-state index in [0.717, 1.165) is 37.2 Å². The molecule has 2 aliphatic rings. The normalized spacial score (nSPS) is 22.7. The molecule has 0 bridgehead atoms. The molecular formula is C18H24N8O2. The van der Waals surface area contributed by atoms with Crippen molar-refractivity contribution in [2.75, 3.05) is 19.6 Å². The Morgan fingerprint density at radius 3 is 2.86 bits per heavy atom. The Balaban J connectivity index is 1.43. The zero-order valence-corrected chi connectivity index (χ0v) is 16.0. The number of likely N-dealkylation sites (tertiary alicyclic amines) is 2. The van der Waals surface area contributed by atoms with Gasteiger partial charge in [-0.1, -0.05) is 0 Å². The van der Waals surface area contributed by atoms with E-state index in [0.29, 0.717) is 26.1 Å². The van der Waals surface area contributed by atoms with E-state index in [2.05, 4.69) is 25.5 Å². The molecule has 2 fully saturated rings. The van der Waals surface area contributed by atoms with Gasteiger partial charge in [-0.05, 0) is 36.6 Å². The third-order valence-corrected chi connectivity index (χ3v) is 5.64. The number of hydrogen-bond acceptors (Lipinski definition) is 7. The van der Waals surface area contributed by atoms with E-state index in [1.807, 2.05) is 16.7 Å². The molecule has 0 saturated carbocycles. The van der Waals surface area contributed by atoms with E-state index in [-0.39, 0.29) is 23.8 Å². The summed E-state index contributed by atoms with van der Waals surface area (Å²) in [6, 6.07) is 0. The Hall–Kier alpha value is -2.91. The first-order chi connectivity index (χ1) is 13.5. The summed E-state index contributed by atoms with van der Waals surface area (Å²) >= 11 is 0. The quantitative estimate of drug-likeness (QED) is 0.741. The Kier molecular flexibility index (Phi) is 5.01. The van der Waals surface area contributed by atoms with Crippen LogP contribution in [0.2, 0.25) is 0 Å². The molecule has 0 radical (unpaired) electrons. The molecule has 2 amide bonds. The smallest absolute Gasteiger partial charge is 0.244 e. The second kappa shape index (κ2) is 7.61. The standard InChI is InChI=1S/C18H24N8O2/c1-14-7-20-15(8-19-14)9-25-12-18(5-3-16(25)27)4-2-6-24(11-18)17(28)10-26-13-21-22-23-26/h7-8,13H,2-6,9-12H2,1H3/t18-/m1/s1. The minimum Gasteiger partial charge on any atom is -0.340 e. The van der Waals surface area contributed by atoms with Crippen LogP contribution < -0.4 is 0 Å². The van der Waals surface area contributed by atoms with Crippen LogP contribution >= 0.6 is 0 Å². The highest BCUT2D eigenvalue weighted by molar-refractivity contribution is 5.78. The van der Waals surface area contributed by atoms with Crippen molar-refractivity contribution in [1.29, 1.82) is 0 Å². The summed E-state index contributed by atoms with van der Waals surface area (Å²) in [6.45, 7) is 4.55. The van der Waals surface area contributed by atoms with Crippen molar-refractivity contribution in [3.05, 3.63) is 30.1 Å². The number of rotatable bonds is 4. The first-order valence-electron chi connectivity index (χ1n) is 9.57. The van der Waals surface area contributed by atoms with Crippen molar-refractivity contribution in [2.45, 2.75) is 45.7 Å². The second-order valence-electron chi connectivity index (χ2n) is 7.83. The number of nitrogens with zero attached hydrogens (tertiary/aromatic N) is 8. The molecule has 148 valence electrons. The zero-order chi connectivity index (χ0) is 19.6. The summed E-state index contributed by atoms with van der Waals surface area (Å²) in [5, 5.41) is 10.9. The molecule has 4 heterocycles. The maximum absolute atomic E-state index is 12.7. The van der Waals surface area contributed by atoms with Crippen molar-refractivity contribution >= 4 is 11.8 Å². The molecule has 0 unspecified atom stereocenters. The van der Waals surface area contributed by atoms with Crippen molar-refractivity contribution in [1.82, 2.24) is 40.0 Å². The molecule has 4 rings (SSSR count). The van der Waals surface area contributed by atoms with Crippen molar-refractivity contribution in [3.63, 3.8) is 0 Å². The monoisotopic (exact) mass is 384 g/mol. The van der Waals surface area contributed by atoms with Crippen LogP contribution in [0.5, 0.6) is 0 Å². The van der Waals surface area contributed by atoms with Gasteiger partial charge in [-0.3, -0.25) is 19.6 Å². The fourth-order valence-corrected chi connectivity index (χ4v) is 4.19. The van der Waals surface area contributed by atoms with Crippen molar-refractivity contribution < 1.29 is 9.59 Å². The number of carbonyl (C=O) groups excluding carboxylic acids is 2. The van der Waals surface area contributed by atoms with Crippen LogP contribution in [0.3, 0.4) is 0 Å². The highest BCUT2D eigenvalue weighted by atomic mass is 16.2. The fourth-order valence-electron chi connectivity index (χ4n) is 4.19. The second-order valence-corrected chi connectivity index (χ2v) is 7.83. The van der Waals surface area contributed by atoms with Gasteiger partial charge in [-0.2, -0.15) is 0 Å². The van der Waals surface area contributed by atoms with Crippen LogP contribution in [0.25, 0.3) is 0 Å². The van der Waals surface area contributed by atoms with E-state index in [4.69, 9.17) is 0 Å². The van der Waals surface area contributed by atoms with E-state index >= 15 is 0 Å². The SMILES string of the molecule is Cc1cnc(CN2C[C@]3(CCCN(C(=O)Cn4cnnn4)C3)CCC2=O)cn1. The predicted molar refractivity (Wildman–Crippen MR) is 97.5 cm³/mol. The predicted octanol–water partition coefficient (Wildman–Crippen LogP) is 0.203. The highest BCUT2D eigenvalue weighted by Gasteiger charge is 2.42. The molecule has 1 spiro atoms. The van der Waals surface area contributed by atoms with Gasteiger partial charge in [0.25, 0.3) is 0 Å². The summed E-state index contributed by atoms with van der Waals surface area (Å²) in [6.07, 6.45) is 8.18. The number of tetrazole rings is 1. The van der Waals surface area contributed by atoms with Crippen LogP contribution in [0.4, 0.5) is 0 Å². The largest absolute Gasteiger partial charge is 0.340 e. The molecular weight excluding hydrogens is 360 g/mol. The van der Waals surface area contributed by atoms with Crippen LogP contribution in [0.15, 0.2) is 18.7 Å². The Morgan fingerprint density at radius 1 is 1.21 bits per heavy atom. The molecule has 0 aliphatic carbocycles. The topological polar surface area (TPSA) is 110 Å². The summed E-state index contributed by atoms with van der Waals surface area (Å²) in [7, 11) is 0. The molecule has 2 aliphatic heterocycles. The number of hydrogen-bond donors (Lipinski definition) is 0. The van der Waals surface area contributed by atoms with Gasteiger partial charge in [-0.25, -0.2) is 4.68 Å². The Bertz CT molecular complexity index is 838. The van der Waals surface area contributed by atoms with Crippen molar-refractivity contribution in [3.8, 4) is 0 Å². The van der Waals surface area contributed by atoms with Gasteiger partial charge in [0.1, 0.15) is 12.9 Å². The van der Waals surface area contributed by atoms with Crippen molar-refractivity contribution in [2.24, 2.45) is 5.41 Å². The molecule has 10 heteroatoms. The summed E-state index contributed by atoms with van der Waals surface area (Å²) in [5.74, 6) is 0.157. The average molecular weight is 384 g/mol. The van der Waals surface area contributed by atoms with E-state index in [1.54, 1.807) is 12.4 Å². The van der Waals surface area contributed by atoms with Gasteiger partial charge >= 0.3 is 0 Å². The minimum absolute atomic E-state index is 0.0132. The molecule has 2 aromatic rings. The minimum atomic E-state index is -0.0550. The van der Waals surface area contributed by atoms with Gasteiger partial charge in [0.15, 0.2) is 0 Å². The molecule has 1 atom stereocenters. The van der Waals surface area contributed by atoms with Gasteiger partial charge in [-0.15, -0.1) is 5.10 Å². The van der Waals surface area contributed by atoms with E-state index < -0.39 is 0 Å². The summed E-state index contributed by atoms with van der Waals surface area (Å²) in [4.78, 5) is 37.6. The summed E-state index contributed by atoms with van der Waals surface area (Å²) in [5.41, 5.74) is 1.59.